The van der Waals surface area contributed by atoms with Crippen LogP contribution >= 0.6 is 0 Å². The number of rotatable bonds is 5. The van der Waals surface area contributed by atoms with Crippen molar-refractivity contribution in [2.24, 2.45) is 14.1 Å². The summed E-state index contributed by atoms with van der Waals surface area (Å²) in [6, 6.07) is 5.13. The number of aromatic nitrogens is 4. The highest BCUT2D eigenvalue weighted by molar-refractivity contribution is 7.89. The van der Waals surface area contributed by atoms with E-state index in [0.717, 1.165) is 4.57 Å². The van der Waals surface area contributed by atoms with Gasteiger partial charge in [0.25, 0.3) is 5.56 Å². The molecule has 1 aliphatic rings. The lowest BCUT2D eigenvalue weighted by molar-refractivity contribution is -0.118. The van der Waals surface area contributed by atoms with E-state index in [1.807, 2.05) is 0 Å². The average Bonchev–Trinajstić information content (AvgIpc) is 3.27. The first-order valence-electron chi connectivity index (χ1n) is 10.2. The number of amides is 1. The highest BCUT2D eigenvalue weighted by Crippen LogP contribution is 2.22. The van der Waals surface area contributed by atoms with Crippen LogP contribution in [0.1, 0.15) is 13.0 Å². The Bertz CT molecular complexity index is 1450. The number of sulfonamides is 1. The van der Waals surface area contributed by atoms with Gasteiger partial charge in [-0.2, -0.15) is 4.31 Å². The van der Waals surface area contributed by atoms with Gasteiger partial charge in [-0.25, -0.2) is 18.2 Å². The summed E-state index contributed by atoms with van der Waals surface area (Å²) in [6.07, 6.45) is 1.33. The maximum absolute atomic E-state index is 13.0. The van der Waals surface area contributed by atoms with E-state index in [1.54, 1.807) is 19.1 Å². The Hall–Kier alpha value is -3.29. The molecule has 1 aliphatic heterocycles. The minimum atomic E-state index is -3.72. The van der Waals surface area contributed by atoms with Crippen molar-refractivity contribution in [2.45, 2.75) is 17.9 Å². The monoisotopic (exact) mass is 476 g/mol. The first kappa shape index (κ1) is 22.9. The van der Waals surface area contributed by atoms with E-state index in [1.165, 1.54) is 46.0 Å². The molecule has 1 atom stereocenters. The van der Waals surface area contributed by atoms with E-state index in [4.69, 9.17) is 4.74 Å². The predicted octanol–water partition coefficient (Wildman–Crippen LogP) is -0.346. The van der Waals surface area contributed by atoms with Crippen LogP contribution in [0.5, 0.6) is 0 Å². The number of hydrogen-bond acceptors (Lipinski definition) is 7. The highest BCUT2D eigenvalue weighted by atomic mass is 32.2. The summed E-state index contributed by atoms with van der Waals surface area (Å²) < 4.78 is 35.9. The molecule has 3 heterocycles. The van der Waals surface area contributed by atoms with Crippen molar-refractivity contribution < 1.29 is 17.9 Å². The van der Waals surface area contributed by atoms with Gasteiger partial charge in [-0.15, -0.1) is 0 Å². The van der Waals surface area contributed by atoms with Gasteiger partial charge in [0.1, 0.15) is 6.04 Å². The number of carbonyl (C=O) groups is 1. The Kier molecular flexibility index (Phi) is 5.95. The van der Waals surface area contributed by atoms with E-state index in [2.05, 4.69) is 10.3 Å². The van der Waals surface area contributed by atoms with Crippen molar-refractivity contribution in [3.63, 3.8) is 0 Å². The molecule has 4 rings (SSSR count). The van der Waals surface area contributed by atoms with Crippen molar-refractivity contribution in [2.75, 3.05) is 31.6 Å². The maximum Gasteiger partial charge on any atom is 0.332 e. The molecule has 0 spiro atoms. The second-order valence-electron chi connectivity index (χ2n) is 7.74. The summed E-state index contributed by atoms with van der Waals surface area (Å²) in [6.45, 7) is 2.77. The van der Waals surface area contributed by atoms with Crippen LogP contribution in [0.3, 0.4) is 0 Å². The third-order valence-corrected chi connectivity index (χ3v) is 7.57. The van der Waals surface area contributed by atoms with E-state index < -0.39 is 33.2 Å². The fraction of sp³-hybridized carbons (Fsp3) is 0.400. The quantitative estimate of drug-likeness (QED) is 0.531. The molecule has 33 heavy (non-hydrogen) atoms. The predicted molar refractivity (Wildman–Crippen MR) is 120 cm³/mol. The number of aryl methyl sites for hydroxylation is 1. The van der Waals surface area contributed by atoms with Crippen molar-refractivity contribution in [1.29, 1.82) is 0 Å². The summed E-state index contributed by atoms with van der Waals surface area (Å²) in [4.78, 5) is 41.9. The molecule has 2 aromatic heterocycles. The number of hydrogen-bond donors (Lipinski definition) is 1. The Morgan fingerprint density at radius 1 is 1.15 bits per heavy atom. The Morgan fingerprint density at radius 3 is 2.55 bits per heavy atom. The molecule has 0 bridgehead atoms. The number of imidazole rings is 1. The van der Waals surface area contributed by atoms with Gasteiger partial charge in [0, 0.05) is 32.9 Å². The molecule has 0 saturated carbocycles. The molecule has 1 amide bonds. The normalized spacial score (nSPS) is 16.1. The van der Waals surface area contributed by atoms with Gasteiger partial charge in [0.2, 0.25) is 15.9 Å². The Balaban J connectivity index is 1.61. The SMILES string of the molecule is CC(C(=O)Nc1cccc(S(=O)(=O)N2CCOCC2)c1)n1cnc2c1c(=O)n(C)c(=O)n2C. The van der Waals surface area contributed by atoms with Crippen LogP contribution in [-0.4, -0.2) is 63.6 Å². The second kappa shape index (κ2) is 8.57. The lowest BCUT2D eigenvalue weighted by Gasteiger charge is -2.26. The lowest BCUT2D eigenvalue weighted by Crippen LogP contribution is -2.40. The smallest absolute Gasteiger partial charge is 0.332 e. The van der Waals surface area contributed by atoms with E-state index >= 15 is 0 Å². The van der Waals surface area contributed by atoms with Crippen LogP contribution < -0.4 is 16.6 Å². The highest BCUT2D eigenvalue weighted by Gasteiger charge is 2.27. The molecule has 1 unspecified atom stereocenters. The third kappa shape index (κ3) is 3.98. The summed E-state index contributed by atoms with van der Waals surface area (Å²) in [7, 11) is -0.875. The number of morpholine rings is 1. The molecule has 1 aromatic carbocycles. The fourth-order valence-corrected chi connectivity index (χ4v) is 5.16. The number of benzene rings is 1. The van der Waals surface area contributed by atoms with E-state index in [-0.39, 0.29) is 29.1 Å². The molecular weight excluding hydrogens is 452 g/mol. The Morgan fingerprint density at radius 2 is 1.85 bits per heavy atom. The summed E-state index contributed by atoms with van der Waals surface area (Å²) >= 11 is 0. The third-order valence-electron chi connectivity index (χ3n) is 5.68. The van der Waals surface area contributed by atoms with Crippen LogP contribution in [0.4, 0.5) is 5.69 Å². The van der Waals surface area contributed by atoms with Gasteiger partial charge in [0.15, 0.2) is 11.2 Å². The maximum atomic E-state index is 13.0. The van der Waals surface area contributed by atoms with Gasteiger partial charge >= 0.3 is 5.69 Å². The van der Waals surface area contributed by atoms with Crippen LogP contribution in [0.25, 0.3) is 11.2 Å². The van der Waals surface area contributed by atoms with Gasteiger partial charge in [0.05, 0.1) is 24.4 Å². The number of fused-ring (bicyclic) bond motifs is 1. The molecule has 0 radical (unpaired) electrons. The number of nitrogens with zero attached hydrogens (tertiary/aromatic N) is 5. The van der Waals surface area contributed by atoms with E-state index in [9.17, 15) is 22.8 Å². The zero-order valence-electron chi connectivity index (χ0n) is 18.4. The minimum absolute atomic E-state index is 0.0619. The molecular formula is C20H24N6O6S. The summed E-state index contributed by atoms with van der Waals surface area (Å²) in [5, 5.41) is 2.70. The first-order valence-corrected chi connectivity index (χ1v) is 11.7. The standard InChI is InChI=1S/C20H24N6O6S/c1-13(26-12-21-17-16(26)19(28)24(3)20(29)23(17)2)18(27)22-14-5-4-6-15(11-14)33(30,31)25-7-9-32-10-8-25/h4-6,11-13H,7-10H2,1-3H3,(H,22,27). The summed E-state index contributed by atoms with van der Waals surface area (Å²) in [5.41, 5.74) is -0.504. The minimum Gasteiger partial charge on any atom is -0.379 e. The van der Waals surface area contributed by atoms with Crippen molar-refractivity contribution >= 4 is 32.8 Å². The van der Waals surface area contributed by atoms with Crippen molar-refractivity contribution in [1.82, 2.24) is 23.0 Å². The van der Waals surface area contributed by atoms with Gasteiger partial charge < -0.3 is 14.6 Å². The lowest BCUT2D eigenvalue weighted by atomic mass is 10.2. The molecule has 1 saturated heterocycles. The number of ether oxygens (including phenoxy) is 1. The fourth-order valence-electron chi connectivity index (χ4n) is 3.70. The largest absolute Gasteiger partial charge is 0.379 e. The summed E-state index contributed by atoms with van der Waals surface area (Å²) in [5.74, 6) is -0.480. The molecule has 0 aliphatic carbocycles. The van der Waals surface area contributed by atoms with Crippen LogP contribution in [-0.2, 0) is 33.7 Å². The molecule has 176 valence electrons. The van der Waals surface area contributed by atoms with Gasteiger partial charge in [-0.3, -0.25) is 18.7 Å². The van der Waals surface area contributed by atoms with Crippen molar-refractivity contribution in [3.8, 4) is 0 Å². The van der Waals surface area contributed by atoms with Crippen molar-refractivity contribution in [3.05, 3.63) is 51.4 Å². The number of nitrogens with one attached hydrogen (secondary N) is 1. The molecule has 3 aromatic rings. The zero-order valence-corrected chi connectivity index (χ0v) is 19.2. The number of anilines is 1. The molecule has 13 heteroatoms. The van der Waals surface area contributed by atoms with Crippen LogP contribution in [0.15, 0.2) is 45.1 Å². The van der Waals surface area contributed by atoms with Gasteiger partial charge in [-0.1, -0.05) is 6.07 Å². The van der Waals surface area contributed by atoms with E-state index in [0.29, 0.717) is 18.9 Å². The molecule has 1 N–H and O–H groups in total. The average molecular weight is 477 g/mol. The topological polar surface area (TPSA) is 138 Å². The zero-order chi connectivity index (χ0) is 23.9. The van der Waals surface area contributed by atoms with Gasteiger partial charge in [-0.05, 0) is 25.1 Å². The van der Waals surface area contributed by atoms with Crippen LogP contribution in [0, 0.1) is 0 Å². The second-order valence-corrected chi connectivity index (χ2v) is 9.68. The van der Waals surface area contributed by atoms with Crippen LogP contribution in [0.2, 0.25) is 0 Å². The molecule has 12 nitrogen and oxygen atoms in total. The molecule has 1 fully saturated rings. The first-order chi connectivity index (χ1) is 15.6. The number of carbonyl (C=O) groups excluding carboxylic acids is 1. The Labute approximate surface area is 189 Å².